The first-order valence-electron chi connectivity index (χ1n) is 4.69. The first kappa shape index (κ1) is 14.5. The van der Waals surface area contributed by atoms with Crippen molar-refractivity contribution >= 4 is 42.4 Å². The maximum absolute atomic E-state index is 12.0. The third-order valence-electron chi connectivity index (χ3n) is 2.45. The van der Waals surface area contributed by atoms with Crippen LogP contribution in [0.4, 0.5) is 0 Å². The Morgan fingerprint density at radius 3 is 2.81 bits per heavy atom. The van der Waals surface area contributed by atoms with Crippen LogP contribution in [-0.2, 0) is 19.1 Å². The molecule has 7 heteroatoms. The van der Waals surface area contributed by atoms with E-state index in [9.17, 15) is 9.59 Å². The molecule has 0 aromatic carbocycles. The summed E-state index contributed by atoms with van der Waals surface area (Å²) >= 11 is 1.60. The zero-order chi connectivity index (χ0) is 12.3. The van der Waals surface area contributed by atoms with E-state index >= 15 is 0 Å². The van der Waals surface area contributed by atoms with Gasteiger partial charge in [-0.15, -0.1) is 0 Å². The summed E-state index contributed by atoms with van der Waals surface area (Å²) in [4.78, 5) is 25.1. The minimum absolute atomic E-state index is 0.298. The van der Waals surface area contributed by atoms with Crippen molar-refractivity contribution in [2.75, 3.05) is 11.5 Å². The molecule has 0 aliphatic carbocycles. The molecule has 0 spiro atoms. The Kier molecular flexibility index (Phi) is 5.34. The molecule has 1 saturated heterocycles. The number of esters is 2. The van der Waals surface area contributed by atoms with Gasteiger partial charge in [0.1, 0.15) is 0 Å². The predicted molar refractivity (Wildman–Crippen MR) is 63.3 cm³/mol. The average Bonchev–Trinajstić information content (AvgIpc) is 2.62. The Hall–Kier alpha value is 0.465. The summed E-state index contributed by atoms with van der Waals surface area (Å²) in [7, 11) is 5.79. The van der Waals surface area contributed by atoms with E-state index in [1.165, 1.54) is 0 Å². The fraction of sp³-hybridized carbons (Fsp3) is 0.778. The van der Waals surface area contributed by atoms with Crippen LogP contribution in [0.2, 0.25) is 0 Å². The number of carbonyl (C=O) groups is 2. The molecule has 2 radical (unpaired) electrons. The van der Waals surface area contributed by atoms with Crippen molar-refractivity contribution in [1.82, 2.24) is 0 Å². The Morgan fingerprint density at radius 1 is 1.81 bits per heavy atom. The van der Waals surface area contributed by atoms with Crippen molar-refractivity contribution in [3.8, 4) is 0 Å². The van der Waals surface area contributed by atoms with E-state index in [4.69, 9.17) is 17.3 Å². The Morgan fingerprint density at radius 2 is 2.44 bits per heavy atom. The minimum atomic E-state index is -0.738. The van der Waals surface area contributed by atoms with Crippen molar-refractivity contribution in [3.63, 3.8) is 0 Å². The third kappa shape index (κ3) is 3.02. The van der Waals surface area contributed by atoms with Gasteiger partial charge >= 0.3 is 121 Å². The molecule has 1 fully saturated rings. The molecule has 4 nitrogen and oxygen atoms in total. The zero-order valence-electron chi connectivity index (χ0n) is 9.04. The fourth-order valence-electron chi connectivity index (χ4n) is 1.12. The quantitative estimate of drug-likeness (QED) is 0.203. The molecule has 1 heterocycles. The number of carbonyl (C=O) groups excluding carboxylic acids is 2. The van der Waals surface area contributed by atoms with Crippen molar-refractivity contribution in [2.24, 2.45) is 0 Å². The topological polar surface area (TPSA) is 52.6 Å². The van der Waals surface area contributed by atoms with Crippen LogP contribution in [0.25, 0.3) is 0 Å². The van der Waals surface area contributed by atoms with Crippen molar-refractivity contribution in [3.05, 3.63) is 0 Å². The molecule has 1 aliphatic heterocycles. The van der Waals surface area contributed by atoms with Gasteiger partial charge in [0, 0.05) is 0 Å². The molecule has 1 aliphatic rings. The molecule has 1 rings (SSSR count). The first-order valence-corrected chi connectivity index (χ1v) is 9.18. The van der Waals surface area contributed by atoms with E-state index in [0.717, 1.165) is 0 Å². The maximum atomic E-state index is 12.0. The van der Waals surface area contributed by atoms with Crippen LogP contribution in [0.1, 0.15) is 13.3 Å². The third-order valence-corrected chi connectivity index (χ3v) is 8.24. The molecule has 16 heavy (non-hydrogen) atoms. The van der Waals surface area contributed by atoms with Gasteiger partial charge in [-0.1, -0.05) is 0 Å². The Bertz CT molecular complexity index is 297. The number of rotatable bonds is 4. The zero-order valence-corrected chi connectivity index (χ0v) is 13.4. The Labute approximate surface area is 120 Å². The molecule has 3 atom stereocenters. The average molecular weight is 449 g/mol. The van der Waals surface area contributed by atoms with Crippen LogP contribution >= 0.6 is 22.6 Å². The summed E-state index contributed by atoms with van der Waals surface area (Å²) < 4.78 is 8.95. The van der Waals surface area contributed by atoms with E-state index in [2.05, 4.69) is 0 Å². The summed E-state index contributed by atoms with van der Waals surface area (Å²) in [5, 5.41) is 0. The normalized spacial score (nSPS) is 25.9. The van der Waals surface area contributed by atoms with E-state index in [0.29, 0.717) is 13.0 Å². The molecule has 0 N–H and O–H groups in total. The standard InChI is InChI=1S/C9H12BI2O4/c1-9(12-2,7(10)11)8(14)16-5-3-4-15-6(5)13/h5,7H,3-4H2,1-2H3/q-1. The van der Waals surface area contributed by atoms with E-state index < -0.39 is 36.7 Å². The van der Waals surface area contributed by atoms with Gasteiger partial charge in [-0.2, -0.15) is 0 Å². The fourth-order valence-corrected chi connectivity index (χ4v) is 4.12. The van der Waals surface area contributed by atoms with Gasteiger partial charge in [-0.3, -0.25) is 0 Å². The molecule has 0 saturated carbocycles. The summed E-state index contributed by atoms with van der Waals surface area (Å²) in [5.74, 6) is -0.833. The summed E-state index contributed by atoms with van der Waals surface area (Å²) in [6.07, 6.45) is -0.295. The van der Waals surface area contributed by atoms with Gasteiger partial charge in [0.25, 0.3) is 0 Å². The number of hydrogen-bond acceptors (Lipinski definition) is 4. The van der Waals surface area contributed by atoms with Gasteiger partial charge in [0.15, 0.2) is 0 Å². The van der Waals surface area contributed by atoms with Crippen LogP contribution in [0.15, 0.2) is 0 Å². The summed E-state index contributed by atoms with van der Waals surface area (Å²) in [6, 6.07) is 0. The van der Waals surface area contributed by atoms with Gasteiger partial charge < -0.3 is 0 Å². The van der Waals surface area contributed by atoms with E-state index in [1.54, 1.807) is 6.92 Å². The molecule has 0 bridgehead atoms. The number of ether oxygens (including phenoxy) is 2. The number of alkyl halides is 3. The van der Waals surface area contributed by atoms with E-state index in [1.807, 2.05) is 27.5 Å². The van der Waals surface area contributed by atoms with Gasteiger partial charge in [0.2, 0.25) is 0 Å². The van der Waals surface area contributed by atoms with Gasteiger partial charge in [-0.05, 0) is 0 Å². The molecule has 90 valence electrons. The SMILES string of the molecule is [B]C(I)C(C)([I-]C)C(=O)OC1CCOC1=O. The predicted octanol–water partition coefficient (Wildman–Crippen LogP) is -2.75. The second kappa shape index (κ2) is 5.88. The molecule has 3 unspecified atom stereocenters. The second-order valence-electron chi connectivity index (χ2n) is 3.52. The van der Waals surface area contributed by atoms with Crippen LogP contribution in [0.5, 0.6) is 0 Å². The van der Waals surface area contributed by atoms with Crippen LogP contribution in [-0.4, -0.2) is 44.7 Å². The van der Waals surface area contributed by atoms with Crippen LogP contribution < -0.4 is 21.2 Å². The number of hydrogen-bond donors (Lipinski definition) is 0. The monoisotopic (exact) mass is 449 g/mol. The van der Waals surface area contributed by atoms with Crippen LogP contribution in [0, 0.1) is 0 Å². The summed E-state index contributed by atoms with van der Waals surface area (Å²) in [6.45, 7) is 2.12. The molecule has 0 aromatic heterocycles. The van der Waals surface area contributed by atoms with Crippen molar-refractivity contribution < 1.29 is 40.3 Å². The van der Waals surface area contributed by atoms with Crippen molar-refractivity contribution in [2.45, 2.75) is 26.7 Å². The molecular weight excluding hydrogens is 437 g/mol. The van der Waals surface area contributed by atoms with Crippen molar-refractivity contribution in [1.29, 1.82) is 0 Å². The Balaban J connectivity index is 2.66. The molecule has 0 aromatic rings. The summed E-state index contributed by atoms with van der Waals surface area (Å²) in [5.41, 5.74) is 0. The molecule has 0 amide bonds. The van der Waals surface area contributed by atoms with Gasteiger partial charge in [0.05, 0.1) is 0 Å². The van der Waals surface area contributed by atoms with E-state index in [-0.39, 0.29) is 9.79 Å². The van der Waals surface area contributed by atoms with Gasteiger partial charge in [-0.25, -0.2) is 0 Å². The second-order valence-corrected chi connectivity index (χ2v) is 8.18. The number of cyclic esters (lactones) is 1. The van der Waals surface area contributed by atoms with Crippen LogP contribution in [0.3, 0.4) is 0 Å². The molecular formula is C9H12BI2O4-. The first-order chi connectivity index (χ1) is 7.41. The number of halogens is 2.